The molecule has 0 aliphatic heterocycles. The molecule has 0 unspecified atom stereocenters. The van der Waals surface area contributed by atoms with Crippen LogP contribution in [0.4, 0.5) is 5.82 Å². The number of anilines is 1. The third-order valence-corrected chi connectivity index (χ3v) is 3.73. The number of aromatic nitrogens is 3. The molecule has 0 radical (unpaired) electrons. The number of nitrogens with zero attached hydrogens (tertiary/aromatic N) is 3. The lowest BCUT2D eigenvalue weighted by Gasteiger charge is -2.06. The molecule has 4 heteroatoms. The number of benzene rings is 2. The van der Waals surface area contributed by atoms with Gasteiger partial charge in [-0.3, -0.25) is 0 Å². The Morgan fingerprint density at radius 3 is 2.48 bits per heavy atom. The Kier molecular flexibility index (Phi) is 3.22. The first-order chi connectivity index (χ1) is 10.1. The molecule has 0 saturated heterocycles. The van der Waals surface area contributed by atoms with Crippen molar-refractivity contribution in [2.45, 2.75) is 20.8 Å². The van der Waals surface area contributed by atoms with Crippen molar-refractivity contribution < 1.29 is 0 Å². The number of hydrogen-bond acceptors (Lipinski definition) is 3. The molecule has 0 saturated carbocycles. The quantitative estimate of drug-likeness (QED) is 0.781. The molecule has 0 aliphatic carbocycles. The van der Waals surface area contributed by atoms with E-state index in [-0.39, 0.29) is 0 Å². The molecule has 21 heavy (non-hydrogen) atoms. The van der Waals surface area contributed by atoms with Crippen molar-refractivity contribution in [2.75, 3.05) is 5.73 Å². The highest BCUT2D eigenvalue weighted by molar-refractivity contribution is 5.71. The second-order valence-electron chi connectivity index (χ2n) is 5.37. The number of nitrogens with two attached hydrogens (primary N) is 1. The summed E-state index contributed by atoms with van der Waals surface area (Å²) in [6.07, 6.45) is 0. The first-order valence-corrected chi connectivity index (χ1v) is 6.92. The van der Waals surface area contributed by atoms with Gasteiger partial charge >= 0.3 is 0 Å². The second-order valence-corrected chi connectivity index (χ2v) is 5.37. The summed E-state index contributed by atoms with van der Waals surface area (Å²) in [6.45, 7) is 6.22. The maximum Gasteiger partial charge on any atom is 0.155 e. The van der Waals surface area contributed by atoms with Crippen molar-refractivity contribution in [1.82, 2.24) is 15.0 Å². The zero-order valence-corrected chi connectivity index (χ0v) is 12.5. The zero-order valence-electron chi connectivity index (χ0n) is 12.5. The lowest BCUT2D eigenvalue weighted by Crippen LogP contribution is -2.02. The minimum absolute atomic E-state index is 0.559. The molecule has 2 N–H and O–H groups in total. The SMILES string of the molecule is Cc1cccc(-n2nnc(-c3ccc(C)c(C)c3)c2N)c1. The molecule has 0 fully saturated rings. The smallest absolute Gasteiger partial charge is 0.155 e. The van der Waals surface area contributed by atoms with Crippen LogP contribution in [0.1, 0.15) is 16.7 Å². The summed E-state index contributed by atoms with van der Waals surface area (Å²) in [5.74, 6) is 0.559. The summed E-state index contributed by atoms with van der Waals surface area (Å²) in [5, 5.41) is 8.45. The Morgan fingerprint density at radius 2 is 1.76 bits per heavy atom. The van der Waals surface area contributed by atoms with Gasteiger partial charge in [0, 0.05) is 5.56 Å². The second kappa shape index (κ2) is 5.05. The van der Waals surface area contributed by atoms with Crippen LogP contribution in [-0.4, -0.2) is 15.0 Å². The summed E-state index contributed by atoms with van der Waals surface area (Å²) in [5.41, 5.74) is 12.5. The van der Waals surface area contributed by atoms with Gasteiger partial charge in [-0.2, -0.15) is 4.68 Å². The summed E-state index contributed by atoms with van der Waals surface area (Å²) >= 11 is 0. The van der Waals surface area contributed by atoms with Crippen LogP contribution in [0.3, 0.4) is 0 Å². The number of rotatable bonds is 2. The van der Waals surface area contributed by atoms with Crippen molar-refractivity contribution >= 4 is 5.82 Å². The molecule has 0 atom stereocenters. The Hall–Kier alpha value is -2.62. The largest absolute Gasteiger partial charge is 0.382 e. The van der Waals surface area contributed by atoms with Gasteiger partial charge < -0.3 is 5.73 Å². The first kappa shape index (κ1) is 13.4. The minimum atomic E-state index is 0.559. The molecule has 3 rings (SSSR count). The van der Waals surface area contributed by atoms with Crippen LogP contribution < -0.4 is 5.73 Å². The molecule has 0 aliphatic rings. The molecule has 4 nitrogen and oxygen atoms in total. The fourth-order valence-corrected chi connectivity index (χ4v) is 2.33. The number of hydrogen-bond donors (Lipinski definition) is 1. The van der Waals surface area contributed by atoms with E-state index in [0.717, 1.165) is 22.5 Å². The van der Waals surface area contributed by atoms with Crippen LogP contribution in [0.5, 0.6) is 0 Å². The number of nitrogen functional groups attached to an aromatic ring is 1. The first-order valence-electron chi connectivity index (χ1n) is 6.92. The summed E-state index contributed by atoms with van der Waals surface area (Å²) in [7, 11) is 0. The van der Waals surface area contributed by atoms with Crippen molar-refractivity contribution in [2.24, 2.45) is 0 Å². The monoisotopic (exact) mass is 278 g/mol. The molecular formula is C17H18N4. The van der Waals surface area contributed by atoms with Gasteiger partial charge in [-0.05, 0) is 55.7 Å². The van der Waals surface area contributed by atoms with Crippen molar-refractivity contribution in [3.8, 4) is 16.9 Å². The molecule has 2 aromatic carbocycles. The predicted molar refractivity (Wildman–Crippen MR) is 85.4 cm³/mol. The van der Waals surface area contributed by atoms with E-state index in [1.807, 2.05) is 37.3 Å². The zero-order chi connectivity index (χ0) is 15.0. The highest BCUT2D eigenvalue weighted by Gasteiger charge is 2.13. The molecule has 106 valence electrons. The van der Waals surface area contributed by atoms with Crippen molar-refractivity contribution in [3.05, 3.63) is 59.2 Å². The summed E-state index contributed by atoms with van der Waals surface area (Å²) < 4.78 is 1.68. The minimum Gasteiger partial charge on any atom is -0.382 e. The molecule has 0 amide bonds. The van der Waals surface area contributed by atoms with E-state index in [9.17, 15) is 0 Å². The fourth-order valence-electron chi connectivity index (χ4n) is 2.33. The van der Waals surface area contributed by atoms with Crippen molar-refractivity contribution in [3.63, 3.8) is 0 Å². The van der Waals surface area contributed by atoms with E-state index >= 15 is 0 Å². The number of aryl methyl sites for hydroxylation is 3. The van der Waals surface area contributed by atoms with E-state index in [1.54, 1.807) is 4.68 Å². The lowest BCUT2D eigenvalue weighted by molar-refractivity contribution is 0.810. The van der Waals surface area contributed by atoms with E-state index in [1.165, 1.54) is 11.1 Å². The highest BCUT2D eigenvalue weighted by Crippen LogP contribution is 2.27. The average Bonchev–Trinajstić information content (AvgIpc) is 2.84. The van der Waals surface area contributed by atoms with Gasteiger partial charge in [-0.15, -0.1) is 5.10 Å². The van der Waals surface area contributed by atoms with Crippen LogP contribution in [0.2, 0.25) is 0 Å². The summed E-state index contributed by atoms with van der Waals surface area (Å²) in [4.78, 5) is 0. The standard InChI is InChI=1S/C17H18N4/c1-11-5-4-6-15(9-11)21-17(18)16(19-20-21)14-8-7-12(2)13(3)10-14/h4-10H,18H2,1-3H3. The lowest BCUT2D eigenvalue weighted by atomic mass is 10.0. The van der Waals surface area contributed by atoms with Gasteiger partial charge in [0.1, 0.15) is 5.69 Å². The highest BCUT2D eigenvalue weighted by atomic mass is 15.5. The maximum atomic E-state index is 6.24. The van der Waals surface area contributed by atoms with Gasteiger partial charge in [0.2, 0.25) is 0 Å². The van der Waals surface area contributed by atoms with Crippen LogP contribution in [0, 0.1) is 20.8 Å². The Labute approximate surface area is 124 Å². The van der Waals surface area contributed by atoms with Gasteiger partial charge in [-0.1, -0.05) is 29.5 Å². The van der Waals surface area contributed by atoms with Gasteiger partial charge in [0.15, 0.2) is 5.82 Å². The van der Waals surface area contributed by atoms with Gasteiger partial charge in [0.05, 0.1) is 5.69 Å². The molecule has 3 aromatic rings. The molecular weight excluding hydrogens is 260 g/mol. The van der Waals surface area contributed by atoms with Gasteiger partial charge in [0.25, 0.3) is 0 Å². The van der Waals surface area contributed by atoms with E-state index in [4.69, 9.17) is 5.73 Å². The summed E-state index contributed by atoms with van der Waals surface area (Å²) in [6, 6.07) is 14.2. The van der Waals surface area contributed by atoms with E-state index in [2.05, 4.69) is 36.3 Å². The molecule has 1 aromatic heterocycles. The van der Waals surface area contributed by atoms with Crippen LogP contribution >= 0.6 is 0 Å². The third-order valence-electron chi connectivity index (χ3n) is 3.73. The molecule has 0 spiro atoms. The normalized spacial score (nSPS) is 10.8. The predicted octanol–water partition coefficient (Wildman–Crippen LogP) is 3.44. The fraction of sp³-hybridized carbons (Fsp3) is 0.176. The molecule has 1 heterocycles. The van der Waals surface area contributed by atoms with Crippen LogP contribution in [0.25, 0.3) is 16.9 Å². The third kappa shape index (κ3) is 2.40. The Bertz CT molecular complexity index is 802. The Balaban J connectivity index is 2.09. The van der Waals surface area contributed by atoms with Crippen LogP contribution in [-0.2, 0) is 0 Å². The van der Waals surface area contributed by atoms with E-state index in [0.29, 0.717) is 5.82 Å². The van der Waals surface area contributed by atoms with Crippen molar-refractivity contribution in [1.29, 1.82) is 0 Å². The average molecular weight is 278 g/mol. The maximum absolute atomic E-state index is 6.24. The topological polar surface area (TPSA) is 56.7 Å². The van der Waals surface area contributed by atoms with E-state index < -0.39 is 0 Å². The van der Waals surface area contributed by atoms with Gasteiger partial charge in [-0.25, -0.2) is 0 Å². The molecule has 0 bridgehead atoms. The van der Waals surface area contributed by atoms with Crippen LogP contribution in [0.15, 0.2) is 42.5 Å². The Morgan fingerprint density at radius 1 is 0.952 bits per heavy atom.